The van der Waals surface area contributed by atoms with E-state index < -0.39 is 71.8 Å². The predicted octanol–water partition coefficient (Wildman–Crippen LogP) is -2.23. The van der Waals surface area contributed by atoms with E-state index in [0.29, 0.717) is 12.0 Å². The van der Waals surface area contributed by atoms with Gasteiger partial charge in [0.25, 0.3) is 11.8 Å². The number of Topliss-reactive ketones (excluding diaryl/α,β-unsaturated/α-hetero) is 1. The Bertz CT molecular complexity index is 1660. The van der Waals surface area contributed by atoms with Gasteiger partial charge in [0, 0.05) is 123 Å². The van der Waals surface area contributed by atoms with Crippen LogP contribution in [0.25, 0.3) is 0 Å². The minimum atomic E-state index is -1.34. The molecule has 2 heterocycles. The minimum Gasteiger partial charge on any atom is -0.508 e. The average Bonchev–Trinajstić information content (AvgIpc) is 3.48. The maximum absolute atomic E-state index is 13.5. The standard InChI is InChI=1S/C38H53N7O14.Gd/c46-28-6-4-26(5-7-28)19-27(37(57)40-30(38(58)59)3-1-2-10-45-32(49)8-9-33(45)50)20-29(47)21-39-31(48)22-41-11-13-42(23-34(51)52)15-17-44(25-36(55)56)18-16-43(14-12-41)24-35(53)54;/h4-9,27,30,46H,1-3,10-25H2,(H,39,48)(H,40,57)(H,51,52)(H,53,54)(H,55,56)(H,58,59);/t27-,30+;/m1./s1. The van der Waals surface area contributed by atoms with Crippen molar-refractivity contribution in [2.45, 2.75) is 38.1 Å². The fraction of sp³-hybridized carbons (Fsp3) is 0.553. The number of rotatable bonds is 22. The number of imide groups is 1. The molecule has 0 saturated carbocycles. The third-order valence-corrected chi connectivity index (χ3v) is 9.76. The van der Waals surface area contributed by atoms with Crippen LogP contribution >= 0.6 is 0 Å². The number of carboxylic acids is 4. The number of nitrogens with zero attached hydrogens (tertiary/aromatic N) is 5. The van der Waals surface area contributed by atoms with Crippen LogP contribution in [-0.4, -0.2) is 201 Å². The molecule has 60 heavy (non-hydrogen) atoms. The number of ketones is 1. The van der Waals surface area contributed by atoms with E-state index >= 15 is 0 Å². The van der Waals surface area contributed by atoms with Crippen molar-refractivity contribution in [2.24, 2.45) is 5.92 Å². The molecule has 0 spiro atoms. The number of carbonyl (C=O) groups excluding carboxylic acids is 5. The molecule has 1 saturated heterocycles. The summed E-state index contributed by atoms with van der Waals surface area (Å²) in [7, 11) is 0. The second-order valence-electron chi connectivity index (χ2n) is 14.4. The molecule has 1 fully saturated rings. The second-order valence-corrected chi connectivity index (χ2v) is 14.4. The molecule has 3 rings (SSSR count). The maximum Gasteiger partial charge on any atom is 0.326 e. The van der Waals surface area contributed by atoms with Crippen molar-refractivity contribution >= 4 is 53.3 Å². The van der Waals surface area contributed by atoms with Crippen LogP contribution in [0.15, 0.2) is 36.4 Å². The van der Waals surface area contributed by atoms with Gasteiger partial charge in [0.05, 0.1) is 32.7 Å². The summed E-state index contributed by atoms with van der Waals surface area (Å²) in [6, 6.07) is 4.54. The van der Waals surface area contributed by atoms with E-state index in [-0.39, 0.29) is 156 Å². The molecule has 22 heteroatoms. The van der Waals surface area contributed by atoms with Crippen molar-refractivity contribution < 1.29 is 109 Å². The topological polar surface area (TPSA) is 295 Å². The summed E-state index contributed by atoms with van der Waals surface area (Å²) in [6.45, 7) is -0.121. The van der Waals surface area contributed by atoms with Crippen molar-refractivity contribution in [2.75, 3.05) is 91.6 Å². The van der Waals surface area contributed by atoms with Gasteiger partial charge in [-0.25, -0.2) is 4.79 Å². The van der Waals surface area contributed by atoms with Crippen LogP contribution in [0.1, 0.15) is 31.2 Å². The van der Waals surface area contributed by atoms with Gasteiger partial charge in [-0.1, -0.05) is 12.1 Å². The van der Waals surface area contributed by atoms with Gasteiger partial charge in [-0.2, -0.15) is 0 Å². The number of hydrogen-bond donors (Lipinski definition) is 7. The molecule has 21 nitrogen and oxygen atoms in total. The first-order chi connectivity index (χ1) is 28.0. The third-order valence-electron chi connectivity index (χ3n) is 9.76. The summed E-state index contributed by atoms with van der Waals surface area (Å²) in [4.78, 5) is 118. The fourth-order valence-corrected chi connectivity index (χ4v) is 6.58. The van der Waals surface area contributed by atoms with Gasteiger partial charge in [0.1, 0.15) is 11.8 Å². The van der Waals surface area contributed by atoms with E-state index in [4.69, 9.17) is 0 Å². The van der Waals surface area contributed by atoms with Crippen LogP contribution in [0.5, 0.6) is 5.75 Å². The van der Waals surface area contributed by atoms with Gasteiger partial charge in [0.15, 0.2) is 5.78 Å². The minimum absolute atomic E-state index is 0. The van der Waals surface area contributed by atoms with E-state index in [9.17, 15) is 68.7 Å². The Morgan fingerprint density at radius 1 is 0.650 bits per heavy atom. The Labute approximate surface area is 378 Å². The SMILES string of the molecule is O=C(O)CN1CCN(CC(=O)O)CCN(CC(=O)NCC(=O)C[C@@H](Cc2ccc(O)cc2)C(=O)N[C@@H](CCCCN2C(=O)C=CC2=O)C(=O)O)CCN(CC(=O)O)CC1.[Gd]. The molecule has 0 unspecified atom stereocenters. The second kappa shape index (κ2) is 26.7. The molecule has 0 bridgehead atoms. The summed E-state index contributed by atoms with van der Waals surface area (Å²) < 4.78 is 0. The molecular weight excluding hydrogens is 936 g/mol. The van der Waals surface area contributed by atoms with Crippen LogP contribution in [-0.2, 0) is 49.6 Å². The molecule has 0 aromatic heterocycles. The zero-order valence-corrected chi connectivity index (χ0v) is 35.3. The van der Waals surface area contributed by atoms with Gasteiger partial charge < -0.3 is 36.2 Å². The molecule has 2 atom stereocenters. The molecule has 2 aliphatic heterocycles. The number of unbranched alkanes of at least 4 members (excludes halogenated alkanes) is 1. The van der Waals surface area contributed by atoms with E-state index in [1.807, 2.05) is 0 Å². The number of carbonyl (C=O) groups is 9. The number of phenols is 1. The number of aromatic hydroxyl groups is 1. The molecular formula is C38H53GdN7O14. The molecule has 1 aromatic carbocycles. The molecule has 1 aromatic rings. The predicted molar refractivity (Wildman–Crippen MR) is 206 cm³/mol. The van der Waals surface area contributed by atoms with Gasteiger partial charge >= 0.3 is 23.9 Å². The van der Waals surface area contributed by atoms with Crippen LogP contribution in [0, 0.1) is 45.9 Å². The van der Waals surface area contributed by atoms with E-state index in [1.165, 1.54) is 12.1 Å². The molecule has 4 amide bonds. The van der Waals surface area contributed by atoms with E-state index in [0.717, 1.165) is 17.1 Å². The molecule has 0 aliphatic carbocycles. The van der Waals surface area contributed by atoms with Gasteiger partial charge in [0.2, 0.25) is 11.8 Å². The quantitative estimate of drug-likeness (QED) is 0.0478. The van der Waals surface area contributed by atoms with E-state index in [2.05, 4.69) is 10.6 Å². The Morgan fingerprint density at radius 3 is 1.53 bits per heavy atom. The summed E-state index contributed by atoms with van der Waals surface area (Å²) in [5, 5.41) is 52.9. The van der Waals surface area contributed by atoms with Gasteiger partial charge in [-0.15, -0.1) is 0 Å². The monoisotopic (exact) mass is 989 g/mol. The summed E-state index contributed by atoms with van der Waals surface area (Å²) in [5.74, 6) is -8.50. The summed E-state index contributed by atoms with van der Waals surface area (Å²) >= 11 is 0. The van der Waals surface area contributed by atoms with Crippen LogP contribution in [0.4, 0.5) is 0 Å². The van der Waals surface area contributed by atoms with Crippen LogP contribution in [0.3, 0.4) is 0 Å². The van der Waals surface area contributed by atoms with Crippen molar-refractivity contribution in [3.63, 3.8) is 0 Å². The number of nitrogens with one attached hydrogen (secondary N) is 2. The number of hydrogen-bond acceptors (Lipinski definition) is 14. The summed E-state index contributed by atoms with van der Waals surface area (Å²) in [5.41, 5.74) is 0.569. The summed E-state index contributed by atoms with van der Waals surface area (Å²) in [6.07, 6.45) is 2.41. The first-order valence-electron chi connectivity index (χ1n) is 19.2. The zero-order valence-electron chi connectivity index (χ0n) is 33.1. The average molecular weight is 989 g/mol. The van der Waals surface area contributed by atoms with Crippen molar-refractivity contribution in [3.8, 4) is 5.75 Å². The largest absolute Gasteiger partial charge is 0.508 e. The fourth-order valence-electron chi connectivity index (χ4n) is 6.58. The normalized spacial score (nSPS) is 17.1. The Morgan fingerprint density at radius 2 is 1.10 bits per heavy atom. The van der Waals surface area contributed by atoms with Gasteiger partial charge in [-0.3, -0.25) is 62.9 Å². The van der Waals surface area contributed by atoms with Crippen molar-refractivity contribution in [1.82, 2.24) is 35.1 Å². The Balaban J connectivity index is 0.0000124. The number of amides is 4. The molecule has 0 radical (unpaired) electrons. The number of carboxylic acid groups (broad SMARTS) is 4. The van der Waals surface area contributed by atoms with E-state index in [1.54, 1.807) is 31.7 Å². The number of phenolic OH excluding ortho intramolecular Hbond substituents is 1. The maximum atomic E-state index is 13.5. The number of benzene rings is 1. The third kappa shape index (κ3) is 19.7. The smallest absolute Gasteiger partial charge is 0.326 e. The van der Waals surface area contributed by atoms with Gasteiger partial charge in [-0.05, 0) is 43.4 Å². The Hall–Kier alpha value is -4.45. The number of aliphatic carboxylic acids is 4. The molecule has 2 aliphatic rings. The van der Waals surface area contributed by atoms with Crippen molar-refractivity contribution in [3.05, 3.63) is 42.0 Å². The zero-order chi connectivity index (χ0) is 43.5. The van der Waals surface area contributed by atoms with Crippen LogP contribution < -0.4 is 10.6 Å². The van der Waals surface area contributed by atoms with Crippen molar-refractivity contribution in [1.29, 1.82) is 0 Å². The molecule has 7 N–H and O–H groups in total. The van der Waals surface area contributed by atoms with Crippen LogP contribution in [0.2, 0.25) is 0 Å². The molecule has 332 valence electrons. The first-order valence-corrected chi connectivity index (χ1v) is 19.2. The first kappa shape index (κ1) is 51.7. The Kier molecular flexibility index (Phi) is 23.0.